The van der Waals surface area contributed by atoms with Crippen LogP contribution >= 0.6 is 11.6 Å². The normalized spacial score (nSPS) is 11.1. The van der Waals surface area contributed by atoms with Gasteiger partial charge >= 0.3 is 0 Å². The summed E-state index contributed by atoms with van der Waals surface area (Å²) in [6.45, 7) is 2.88. The second-order valence-electron chi connectivity index (χ2n) is 5.23. The van der Waals surface area contributed by atoms with Gasteiger partial charge in [-0.15, -0.1) is 0 Å². The lowest BCUT2D eigenvalue weighted by molar-refractivity contribution is 0.0956. The summed E-state index contributed by atoms with van der Waals surface area (Å²) >= 11 is 6.07. The number of nitrogens with two attached hydrogens (primary N) is 1. The number of nitrogens with one attached hydrogen (secondary N) is 2. The molecule has 0 atom stereocenters. The van der Waals surface area contributed by atoms with Gasteiger partial charge in [0, 0.05) is 17.8 Å². The molecule has 0 spiro atoms. The first-order valence-corrected chi connectivity index (χ1v) is 8.19. The monoisotopic (exact) mass is 360 g/mol. The predicted molar refractivity (Wildman–Crippen MR) is 101 cm³/mol. The zero-order chi connectivity index (χ0) is 18.2. The second kappa shape index (κ2) is 8.94. The van der Waals surface area contributed by atoms with E-state index in [0.29, 0.717) is 29.4 Å². The summed E-state index contributed by atoms with van der Waals surface area (Å²) in [5, 5.41) is 6.22. The fourth-order valence-electron chi connectivity index (χ4n) is 2.13. The lowest BCUT2D eigenvalue weighted by Crippen LogP contribution is -2.23. The van der Waals surface area contributed by atoms with E-state index in [1.165, 1.54) is 0 Å². The van der Waals surface area contributed by atoms with E-state index in [-0.39, 0.29) is 11.9 Å². The zero-order valence-corrected chi connectivity index (χ0v) is 14.9. The van der Waals surface area contributed by atoms with Gasteiger partial charge < -0.3 is 21.1 Å². The van der Waals surface area contributed by atoms with Crippen molar-refractivity contribution < 1.29 is 9.53 Å². The number of anilines is 1. The molecule has 0 aromatic heterocycles. The molecule has 0 aliphatic rings. The molecule has 1 amide bonds. The average Bonchev–Trinajstić information content (AvgIpc) is 2.61. The molecule has 0 bridgehead atoms. The van der Waals surface area contributed by atoms with E-state index in [9.17, 15) is 4.79 Å². The lowest BCUT2D eigenvalue weighted by atomic mass is 10.1. The van der Waals surface area contributed by atoms with Crippen LogP contribution in [-0.2, 0) is 6.54 Å². The van der Waals surface area contributed by atoms with Gasteiger partial charge in [0.25, 0.3) is 5.91 Å². The number of hydrogen-bond donors (Lipinski definition) is 3. The van der Waals surface area contributed by atoms with Crippen LogP contribution < -0.4 is 21.1 Å². The first-order chi connectivity index (χ1) is 12.0. The molecule has 25 heavy (non-hydrogen) atoms. The topological polar surface area (TPSA) is 88.7 Å². The number of aliphatic imine (C=N–C) groups is 1. The van der Waals surface area contributed by atoms with Crippen LogP contribution in [0, 0.1) is 0 Å². The first-order valence-electron chi connectivity index (χ1n) is 7.81. The van der Waals surface area contributed by atoms with Gasteiger partial charge in [0.2, 0.25) is 0 Å². The van der Waals surface area contributed by atoms with Crippen molar-refractivity contribution in [1.82, 2.24) is 5.32 Å². The van der Waals surface area contributed by atoms with Crippen molar-refractivity contribution in [3.05, 3.63) is 58.6 Å². The summed E-state index contributed by atoms with van der Waals surface area (Å²) < 4.78 is 5.10. The summed E-state index contributed by atoms with van der Waals surface area (Å²) in [6.07, 6.45) is 0. The number of nitrogens with zero attached hydrogens (tertiary/aromatic N) is 1. The van der Waals surface area contributed by atoms with Crippen LogP contribution in [0.15, 0.2) is 47.5 Å². The highest BCUT2D eigenvalue weighted by Crippen LogP contribution is 2.27. The molecule has 0 saturated carbocycles. The highest BCUT2D eigenvalue weighted by molar-refractivity contribution is 6.32. The summed E-state index contributed by atoms with van der Waals surface area (Å²) in [4.78, 5) is 16.0. The van der Waals surface area contributed by atoms with E-state index in [1.807, 2.05) is 19.1 Å². The van der Waals surface area contributed by atoms with Crippen molar-refractivity contribution in [2.45, 2.75) is 13.5 Å². The Kier molecular flexibility index (Phi) is 6.65. The van der Waals surface area contributed by atoms with E-state index in [2.05, 4.69) is 15.6 Å². The van der Waals surface area contributed by atoms with Crippen molar-refractivity contribution in [2.75, 3.05) is 19.0 Å². The Hall–Kier alpha value is -2.73. The molecule has 0 aliphatic heterocycles. The molecule has 0 heterocycles. The largest absolute Gasteiger partial charge is 0.495 e. The number of methoxy groups -OCH3 is 1. The summed E-state index contributed by atoms with van der Waals surface area (Å²) in [7, 11) is 1.56. The number of ether oxygens (including phenoxy) is 1. The Morgan fingerprint density at radius 2 is 1.96 bits per heavy atom. The Bertz CT molecular complexity index is 760. The van der Waals surface area contributed by atoms with Crippen LogP contribution in [0.4, 0.5) is 5.69 Å². The van der Waals surface area contributed by atoms with Crippen LogP contribution in [0.2, 0.25) is 5.02 Å². The summed E-state index contributed by atoms with van der Waals surface area (Å²) in [6, 6.07) is 12.5. The van der Waals surface area contributed by atoms with E-state index in [4.69, 9.17) is 22.1 Å². The molecule has 4 N–H and O–H groups in total. The van der Waals surface area contributed by atoms with Crippen LogP contribution in [-0.4, -0.2) is 25.5 Å². The SMILES string of the molecule is CCNC(=O)c1ccc(CN=C(N)Nc2ccc(OC)c(Cl)c2)cc1. The fraction of sp³-hybridized carbons (Fsp3) is 0.222. The van der Waals surface area contributed by atoms with Crippen molar-refractivity contribution >= 4 is 29.2 Å². The highest BCUT2D eigenvalue weighted by atomic mass is 35.5. The quantitative estimate of drug-likeness (QED) is 0.545. The number of carbonyl (C=O) groups excluding carboxylic acids is 1. The van der Waals surface area contributed by atoms with Crippen LogP contribution in [0.3, 0.4) is 0 Å². The number of guanidine groups is 1. The summed E-state index contributed by atoms with van der Waals surface area (Å²) in [5.41, 5.74) is 8.18. The van der Waals surface area contributed by atoms with Gasteiger partial charge in [-0.25, -0.2) is 4.99 Å². The molecule has 0 saturated heterocycles. The van der Waals surface area contributed by atoms with Crippen molar-refractivity contribution in [3.8, 4) is 5.75 Å². The molecule has 7 heteroatoms. The molecule has 2 rings (SSSR count). The lowest BCUT2D eigenvalue weighted by Gasteiger charge is -2.08. The molecule has 0 unspecified atom stereocenters. The van der Waals surface area contributed by atoms with Gasteiger partial charge in [-0.05, 0) is 42.8 Å². The molecular weight excluding hydrogens is 340 g/mol. The number of halogens is 1. The first kappa shape index (κ1) is 18.6. The van der Waals surface area contributed by atoms with E-state index in [0.717, 1.165) is 11.3 Å². The fourth-order valence-corrected chi connectivity index (χ4v) is 2.39. The number of benzene rings is 2. The van der Waals surface area contributed by atoms with Gasteiger partial charge in [0.05, 0.1) is 18.7 Å². The van der Waals surface area contributed by atoms with Gasteiger partial charge in [-0.3, -0.25) is 4.79 Å². The van der Waals surface area contributed by atoms with E-state index in [1.54, 1.807) is 37.4 Å². The molecule has 2 aromatic carbocycles. The number of amides is 1. The van der Waals surface area contributed by atoms with Crippen LogP contribution in [0.1, 0.15) is 22.8 Å². The molecule has 0 fully saturated rings. The Morgan fingerprint density at radius 1 is 1.24 bits per heavy atom. The molecule has 0 radical (unpaired) electrons. The molecular formula is C18H21ClN4O2. The predicted octanol–water partition coefficient (Wildman–Crippen LogP) is 3.03. The molecule has 0 aliphatic carbocycles. The second-order valence-corrected chi connectivity index (χ2v) is 5.64. The third-order valence-corrected chi connectivity index (χ3v) is 3.71. The smallest absolute Gasteiger partial charge is 0.251 e. The van der Waals surface area contributed by atoms with Crippen LogP contribution in [0.25, 0.3) is 0 Å². The maximum absolute atomic E-state index is 11.7. The maximum atomic E-state index is 11.7. The van der Waals surface area contributed by atoms with E-state index < -0.39 is 0 Å². The van der Waals surface area contributed by atoms with Gasteiger partial charge in [0.1, 0.15) is 5.75 Å². The van der Waals surface area contributed by atoms with Gasteiger partial charge in [-0.1, -0.05) is 23.7 Å². The zero-order valence-electron chi connectivity index (χ0n) is 14.2. The standard InChI is InChI=1S/C18H21ClN4O2/c1-3-21-17(24)13-6-4-12(5-7-13)11-22-18(20)23-14-8-9-16(25-2)15(19)10-14/h4-10H,3,11H2,1-2H3,(H,21,24)(H3,20,22,23). The molecule has 132 valence electrons. The minimum atomic E-state index is -0.0879. The van der Waals surface area contributed by atoms with Crippen molar-refractivity contribution in [2.24, 2.45) is 10.7 Å². The minimum absolute atomic E-state index is 0.0879. The number of rotatable bonds is 6. The average molecular weight is 361 g/mol. The molecule has 6 nitrogen and oxygen atoms in total. The van der Waals surface area contributed by atoms with Gasteiger partial charge in [-0.2, -0.15) is 0 Å². The maximum Gasteiger partial charge on any atom is 0.251 e. The Labute approximate surface area is 152 Å². The Balaban J connectivity index is 1.96. The van der Waals surface area contributed by atoms with Crippen LogP contribution in [0.5, 0.6) is 5.75 Å². The minimum Gasteiger partial charge on any atom is -0.495 e. The summed E-state index contributed by atoms with van der Waals surface area (Å²) in [5.74, 6) is 0.777. The third-order valence-electron chi connectivity index (χ3n) is 3.41. The molecule has 2 aromatic rings. The number of carbonyl (C=O) groups is 1. The van der Waals surface area contributed by atoms with Crippen molar-refractivity contribution in [3.63, 3.8) is 0 Å². The van der Waals surface area contributed by atoms with Gasteiger partial charge in [0.15, 0.2) is 5.96 Å². The van der Waals surface area contributed by atoms with Crippen molar-refractivity contribution in [1.29, 1.82) is 0 Å². The third kappa shape index (κ3) is 5.39. The van der Waals surface area contributed by atoms with E-state index >= 15 is 0 Å². The highest BCUT2D eigenvalue weighted by Gasteiger charge is 2.04. The number of hydrogen-bond acceptors (Lipinski definition) is 3. The Morgan fingerprint density at radius 3 is 2.56 bits per heavy atom.